The van der Waals surface area contributed by atoms with Gasteiger partial charge in [-0.3, -0.25) is 4.79 Å². The first-order valence-corrected chi connectivity index (χ1v) is 1.91. The van der Waals surface area contributed by atoms with Gasteiger partial charge in [0.25, 0.3) is 0 Å². The summed E-state index contributed by atoms with van der Waals surface area (Å²) < 4.78 is 28.3. The maximum absolute atomic E-state index is 10.7. The Balaban J connectivity index is 2.95. The van der Waals surface area contributed by atoms with Crippen LogP contribution in [-0.2, 0) is 4.79 Å². The maximum Gasteiger partial charge on any atom is 0.132 e. The van der Waals surface area contributed by atoms with E-state index in [-0.39, 0.29) is 12.8 Å². The molecule has 1 aliphatic carbocycles. The number of hydrogen-bond donors (Lipinski definition) is 0. The molecule has 1 aliphatic rings. The van der Waals surface area contributed by atoms with Crippen LogP contribution >= 0.6 is 0 Å². The van der Waals surface area contributed by atoms with Crippen LogP contribution in [0.1, 0.15) is 31.1 Å². The van der Waals surface area contributed by atoms with E-state index in [1.165, 1.54) is 0 Å². The number of carbonyl (C=O) groups excluding carboxylic acids is 1. The van der Waals surface area contributed by atoms with Crippen molar-refractivity contribution in [1.82, 2.24) is 0 Å². The molecule has 1 fully saturated rings. The van der Waals surface area contributed by atoms with Gasteiger partial charge in [-0.2, -0.15) is 0 Å². The van der Waals surface area contributed by atoms with E-state index in [0.717, 1.165) is 0 Å². The summed E-state index contributed by atoms with van der Waals surface area (Å²) in [4.78, 5) is 10.7. The second-order valence-corrected chi connectivity index (χ2v) is 1.22. The molecule has 0 unspecified atom stereocenters. The quantitative estimate of drug-likeness (QED) is 0.434. The van der Waals surface area contributed by atoms with Crippen molar-refractivity contribution in [3.8, 4) is 0 Å². The number of carbonyl (C=O) groups is 1. The topological polar surface area (TPSA) is 17.1 Å². The van der Waals surface area contributed by atoms with Crippen molar-refractivity contribution in [3.05, 3.63) is 0 Å². The standard InChI is InChI=1S/C5H8O/c6-5-3-1-2-4-5/h1-4H2/i1D2,3D2. The molecule has 1 rings (SSSR count). The van der Waals surface area contributed by atoms with Crippen LogP contribution in [0.4, 0.5) is 0 Å². The normalized spacial score (nSPS) is 49.0. The minimum Gasteiger partial charge on any atom is -0.300 e. The lowest BCUT2D eigenvalue weighted by Crippen LogP contribution is -1.81. The molecule has 0 atom stereocenters. The van der Waals surface area contributed by atoms with Crippen LogP contribution in [0.25, 0.3) is 0 Å². The van der Waals surface area contributed by atoms with Crippen molar-refractivity contribution in [2.75, 3.05) is 0 Å². The van der Waals surface area contributed by atoms with Gasteiger partial charge in [0.15, 0.2) is 0 Å². The van der Waals surface area contributed by atoms with Gasteiger partial charge < -0.3 is 0 Å². The van der Waals surface area contributed by atoms with Gasteiger partial charge in [-0.25, -0.2) is 0 Å². The SMILES string of the molecule is [2H]C1([2H])CCC(=O)C1([2H])[2H]. The first kappa shape index (κ1) is 1.32. The van der Waals surface area contributed by atoms with E-state index < -0.39 is 18.5 Å². The van der Waals surface area contributed by atoms with E-state index in [4.69, 9.17) is 5.48 Å². The van der Waals surface area contributed by atoms with Crippen LogP contribution < -0.4 is 0 Å². The van der Waals surface area contributed by atoms with Crippen LogP contribution in [-0.4, -0.2) is 5.78 Å². The highest BCUT2D eigenvalue weighted by molar-refractivity contribution is 5.79. The van der Waals surface area contributed by atoms with E-state index in [1.54, 1.807) is 0 Å². The maximum atomic E-state index is 10.7. The Morgan fingerprint density at radius 1 is 1.83 bits per heavy atom. The summed E-state index contributed by atoms with van der Waals surface area (Å²) in [5, 5.41) is 0. The zero-order chi connectivity index (χ0) is 7.99. The van der Waals surface area contributed by atoms with E-state index in [9.17, 15) is 4.79 Å². The smallest absolute Gasteiger partial charge is 0.132 e. The summed E-state index contributed by atoms with van der Waals surface area (Å²) in [5.41, 5.74) is 0. The molecule has 0 bridgehead atoms. The van der Waals surface area contributed by atoms with Crippen LogP contribution in [0.15, 0.2) is 0 Å². The number of hydrogen-bond acceptors (Lipinski definition) is 1. The molecule has 34 valence electrons. The highest BCUT2D eigenvalue weighted by Crippen LogP contribution is 2.11. The molecule has 0 spiro atoms. The summed E-state index contributed by atoms with van der Waals surface area (Å²) in [7, 11) is 0. The van der Waals surface area contributed by atoms with E-state index in [0.29, 0.717) is 0 Å². The second-order valence-electron chi connectivity index (χ2n) is 1.22. The number of Topliss-reactive ketones (excluding diaryl/α,β-unsaturated/α-hetero) is 1. The van der Waals surface area contributed by atoms with Gasteiger partial charge in [0.2, 0.25) is 0 Å². The number of ketones is 1. The summed E-state index contributed by atoms with van der Waals surface area (Å²) >= 11 is 0. The Labute approximate surface area is 43.0 Å². The fourth-order valence-electron chi connectivity index (χ4n) is 0.400. The average molecular weight is 88.1 g/mol. The van der Waals surface area contributed by atoms with E-state index >= 15 is 0 Å². The predicted molar refractivity (Wildman–Crippen MR) is 23.5 cm³/mol. The minimum atomic E-state index is -2.26. The third-order valence-corrected chi connectivity index (χ3v) is 0.705. The van der Waals surface area contributed by atoms with E-state index in [1.807, 2.05) is 0 Å². The molecule has 0 aliphatic heterocycles. The predicted octanol–water partition coefficient (Wildman–Crippen LogP) is 1.13. The fraction of sp³-hybridized carbons (Fsp3) is 0.800. The van der Waals surface area contributed by atoms with Crippen molar-refractivity contribution < 1.29 is 10.3 Å². The lowest BCUT2D eigenvalue weighted by molar-refractivity contribution is -0.117. The summed E-state index contributed by atoms with van der Waals surface area (Å²) in [6, 6.07) is 0. The molecule has 0 saturated heterocycles. The lowest BCUT2D eigenvalue weighted by Gasteiger charge is -1.71. The highest BCUT2D eigenvalue weighted by Gasteiger charge is 2.07. The Kier molecular flexibility index (Phi) is 0.312. The molecule has 1 heteroatoms. The molecular weight excluding hydrogens is 76.1 g/mol. The summed E-state index contributed by atoms with van der Waals surface area (Å²) in [6.45, 7) is 0. The van der Waals surface area contributed by atoms with Crippen molar-refractivity contribution in [3.63, 3.8) is 0 Å². The molecule has 0 heterocycles. The van der Waals surface area contributed by atoms with Gasteiger partial charge >= 0.3 is 0 Å². The fourth-order valence-corrected chi connectivity index (χ4v) is 0.400. The Hall–Kier alpha value is -0.330. The lowest BCUT2D eigenvalue weighted by atomic mass is 10.4. The van der Waals surface area contributed by atoms with Crippen molar-refractivity contribution in [2.24, 2.45) is 0 Å². The van der Waals surface area contributed by atoms with Gasteiger partial charge in [0.05, 0.1) is 0 Å². The van der Waals surface area contributed by atoms with Crippen molar-refractivity contribution in [2.45, 2.75) is 25.6 Å². The van der Waals surface area contributed by atoms with Gasteiger partial charge in [-0.1, -0.05) is 0 Å². The van der Waals surface area contributed by atoms with Crippen molar-refractivity contribution >= 4 is 5.78 Å². The molecular formula is C5H8O. The van der Waals surface area contributed by atoms with Gasteiger partial charge in [0, 0.05) is 18.3 Å². The highest BCUT2D eigenvalue weighted by atomic mass is 16.1. The zero-order valence-electron chi connectivity index (χ0n) is 7.32. The third-order valence-electron chi connectivity index (χ3n) is 0.705. The summed E-state index contributed by atoms with van der Waals surface area (Å²) in [5.74, 6) is -0.613. The molecule has 0 amide bonds. The van der Waals surface area contributed by atoms with Crippen LogP contribution in [0, 0.1) is 0 Å². The Bertz CT molecular complexity index is 174. The largest absolute Gasteiger partial charge is 0.300 e. The zero-order valence-corrected chi connectivity index (χ0v) is 3.32. The molecule has 1 saturated carbocycles. The third kappa shape index (κ3) is 0.588. The molecule has 0 radical (unpaired) electrons. The first-order valence-electron chi connectivity index (χ1n) is 3.91. The Morgan fingerprint density at radius 2 is 2.67 bits per heavy atom. The van der Waals surface area contributed by atoms with E-state index in [2.05, 4.69) is 0 Å². The van der Waals surface area contributed by atoms with Crippen LogP contribution in [0.5, 0.6) is 0 Å². The van der Waals surface area contributed by atoms with Crippen LogP contribution in [0.3, 0.4) is 0 Å². The second kappa shape index (κ2) is 1.41. The molecule has 6 heavy (non-hydrogen) atoms. The monoisotopic (exact) mass is 88.1 g/mol. The van der Waals surface area contributed by atoms with Gasteiger partial charge in [-0.15, -0.1) is 0 Å². The van der Waals surface area contributed by atoms with Gasteiger partial charge in [0.1, 0.15) is 5.78 Å². The minimum absolute atomic E-state index is 0.0127. The molecule has 0 aromatic rings. The molecule has 0 aromatic carbocycles. The van der Waals surface area contributed by atoms with Crippen molar-refractivity contribution in [1.29, 1.82) is 0 Å². The van der Waals surface area contributed by atoms with Gasteiger partial charge in [-0.05, 0) is 12.8 Å². The molecule has 1 nitrogen and oxygen atoms in total. The van der Waals surface area contributed by atoms with Crippen LogP contribution in [0.2, 0.25) is 0 Å². The number of rotatable bonds is 0. The molecule has 0 aromatic heterocycles. The summed E-state index contributed by atoms with van der Waals surface area (Å²) in [6.07, 6.45) is -4.17. The first-order chi connectivity index (χ1) is 4.38. The molecule has 0 N–H and O–H groups in total. The Morgan fingerprint density at radius 3 is 2.83 bits per heavy atom. The average Bonchev–Trinajstić information content (AvgIpc) is 1.94.